The third-order valence-corrected chi connectivity index (χ3v) is 11.9. The second-order valence-electron chi connectivity index (χ2n) is 10.6. The van der Waals surface area contributed by atoms with E-state index in [9.17, 15) is 9.35 Å². The summed E-state index contributed by atoms with van der Waals surface area (Å²) in [5.41, 5.74) is 1.69. The number of hydrogen-bond acceptors (Lipinski definition) is 5. The normalized spacial score (nSPS) is 20.2. The standard InChI is InChI=1S/C23H38N2O4SSi/c1-22(2,3)30(27)24-19-14-20(17-29-31(7,8)23(4,5)6)25(15-19)21(26)28-16-18-12-10-9-11-13-18/h9-13,20H,14-17H2,1-8H3. The van der Waals surface area contributed by atoms with Crippen molar-refractivity contribution in [3.8, 4) is 0 Å². The van der Waals surface area contributed by atoms with E-state index in [1.165, 1.54) is 0 Å². The van der Waals surface area contributed by atoms with Gasteiger partial charge in [-0.15, -0.1) is 0 Å². The van der Waals surface area contributed by atoms with Crippen LogP contribution < -0.4 is 0 Å². The Morgan fingerprint density at radius 2 is 1.81 bits per heavy atom. The summed E-state index contributed by atoms with van der Waals surface area (Å²) in [5, 5.41) is 0.0783. The molecule has 0 radical (unpaired) electrons. The summed E-state index contributed by atoms with van der Waals surface area (Å²) in [6.07, 6.45) is 0.163. The molecule has 2 atom stereocenters. The maximum atomic E-state index is 12.9. The zero-order chi connectivity index (χ0) is 23.4. The van der Waals surface area contributed by atoms with Gasteiger partial charge in [-0.2, -0.15) is 0 Å². The Labute approximate surface area is 191 Å². The molecule has 1 aliphatic heterocycles. The van der Waals surface area contributed by atoms with Crippen LogP contribution in [0.5, 0.6) is 0 Å². The monoisotopic (exact) mass is 466 g/mol. The van der Waals surface area contributed by atoms with E-state index in [0.717, 1.165) is 11.3 Å². The predicted molar refractivity (Wildman–Crippen MR) is 130 cm³/mol. The lowest BCUT2D eigenvalue weighted by molar-refractivity contribution is 0.0812. The summed E-state index contributed by atoms with van der Waals surface area (Å²) in [5.74, 6) is 0. The molecule has 1 saturated heterocycles. The smallest absolute Gasteiger partial charge is 0.410 e. The van der Waals surface area contributed by atoms with Crippen molar-refractivity contribution < 1.29 is 18.5 Å². The van der Waals surface area contributed by atoms with Crippen LogP contribution in [0.2, 0.25) is 18.1 Å². The van der Waals surface area contributed by atoms with Crippen LogP contribution in [-0.2, 0) is 27.1 Å². The first-order valence-electron chi connectivity index (χ1n) is 10.8. The Morgan fingerprint density at radius 1 is 1.19 bits per heavy atom. The molecule has 1 aromatic carbocycles. The van der Waals surface area contributed by atoms with E-state index in [2.05, 4.69) is 38.3 Å². The van der Waals surface area contributed by atoms with Crippen molar-refractivity contribution in [2.75, 3.05) is 13.2 Å². The first-order valence-corrected chi connectivity index (χ1v) is 14.8. The Kier molecular flexibility index (Phi) is 8.41. The highest BCUT2D eigenvalue weighted by Crippen LogP contribution is 2.37. The second-order valence-corrected chi connectivity index (χ2v) is 17.3. The van der Waals surface area contributed by atoms with E-state index in [0.29, 0.717) is 19.6 Å². The highest BCUT2D eigenvalue weighted by Gasteiger charge is 2.41. The number of carbonyl (C=O) groups is 1. The van der Waals surface area contributed by atoms with Gasteiger partial charge in [0.2, 0.25) is 0 Å². The van der Waals surface area contributed by atoms with Crippen molar-refractivity contribution in [3.63, 3.8) is 0 Å². The molecule has 8 heteroatoms. The van der Waals surface area contributed by atoms with Gasteiger partial charge >= 0.3 is 6.09 Å². The number of ether oxygens (including phenoxy) is 1. The van der Waals surface area contributed by atoms with E-state index in [1.54, 1.807) is 4.90 Å². The average molecular weight is 467 g/mol. The van der Waals surface area contributed by atoms with E-state index >= 15 is 0 Å². The highest BCUT2D eigenvalue weighted by molar-refractivity contribution is 7.91. The quantitative estimate of drug-likeness (QED) is 0.420. The number of carbonyl (C=O) groups excluding carboxylic acids is 1. The van der Waals surface area contributed by atoms with Gasteiger partial charge in [0.25, 0.3) is 0 Å². The zero-order valence-electron chi connectivity index (χ0n) is 20.2. The topological polar surface area (TPSA) is 74.2 Å². The molecule has 1 aliphatic rings. The van der Waals surface area contributed by atoms with Gasteiger partial charge in [0, 0.05) is 6.42 Å². The van der Waals surface area contributed by atoms with Gasteiger partial charge in [-0.1, -0.05) is 55.5 Å². The molecular formula is C23H38N2O4SSi. The van der Waals surface area contributed by atoms with E-state index < -0.39 is 24.4 Å². The molecule has 6 nitrogen and oxygen atoms in total. The molecule has 1 heterocycles. The number of nitrogens with zero attached hydrogens (tertiary/aromatic N) is 2. The fourth-order valence-electron chi connectivity index (χ4n) is 2.78. The fourth-order valence-corrected chi connectivity index (χ4v) is 4.46. The second kappa shape index (κ2) is 10.1. The zero-order valence-corrected chi connectivity index (χ0v) is 22.0. The number of amides is 1. The van der Waals surface area contributed by atoms with Crippen LogP contribution in [0.25, 0.3) is 0 Å². The van der Waals surface area contributed by atoms with Crippen molar-refractivity contribution in [1.29, 1.82) is 0 Å². The van der Waals surface area contributed by atoms with Gasteiger partial charge in [-0.3, -0.25) is 4.90 Å². The Hall–Kier alpha value is -1.35. The maximum absolute atomic E-state index is 12.9. The summed E-state index contributed by atoms with van der Waals surface area (Å²) in [6, 6.07) is 9.44. The molecular weight excluding hydrogens is 428 g/mol. The molecule has 0 spiro atoms. The molecule has 0 aliphatic carbocycles. The van der Waals surface area contributed by atoms with Crippen molar-refractivity contribution >= 4 is 31.5 Å². The van der Waals surface area contributed by atoms with Crippen LogP contribution >= 0.6 is 0 Å². The summed E-state index contributed by atoms with van der Waals surface area (Å²) in [7, 11) is -1.97. The molecule has 0 aromatic heterocycles. The summed E-state index contributed by atoms with van der Waals surface area (Å²) in [6.45, 7) is 17.6. The predicted octanol–water partition coefficient (Wildman–Crippen LogP) is 5.32. The SMILES string of the molecule is CC(C)(C)[S+]([O-])N=C1CC(CO[Si](C)(C)C(C)(C)C)N(C(=O)OCc2ccccc2)C1. The summed E-state index contributed by atoms with van der Waals surface area (Å²) >= 11 is -1.36. The van der Waals surface area contributed by atoms with Gasteiger partial charge in [0.05, 0.1) is 24.9 Å². The molecule has 0 bridgehead atoms. The Balaban J connectivity index is 2.13. The van der Waals surface area contributed by atoms with Gasteiger partial charge in [-0.25, -0.2) is 4.79 Å². The molecule has 1 amide bonds. The molecule has 31 heavy (non-hydrogen) atoms. The van der Waals surface area contributed by atoms with E-state index in [-0.39, 0.29) is 23.8 Å². The number of benzene rings is 1. The van der Waals surface area contributed by atoms with Crippen LogP contribution in [0.15, 0.2) is 34.7 Å². The van der Waals surface area contributed by atoms with E-state index in [4.69, 9.17) is 9.16 Å². The molecule has 174 valence electrons. The minimum absolute atomic E-state index is 0.0783. The van der Waals surface area contributed by atoms with Gasteiger partial charge in [0.1, 0.15) is 22.7 Å². The molecule has 0 saturated carbocycles. The van der Waals surface area contributed by atoms with Crippen molar-refractivity contribution in [3.05, 3.63) is 35.9 Å². The lowest BCUT2D eigenvalue weighted by Crippen LogP contribution is -2.46. The van der Waals surface area contributed by atoms with Crippen molar-refractivity contribution in [2.24, 2.45) is 4.40 Å². The van der Waals surface area contributed by atoms with Crippen LogP contribution in [0.1, 0.15) is 53.5 Å². The largest absolute Gasteiger partial charge is 0.591 e. The molecule has 1 fully saturated rings. The Bertz CT molecular complexity index is 772. The lowest BCUT2D eigenvalue weighted by Gasteiger charge is -2.37. The number of likely N-dealkylation sites (tertiary alicyclic amines) is 1. The first-order chi connectivity index (χ1) is 14.2. The van der Waals surface area contributed by atoms with Crippen LogP contribution in [0.3, 0.4) is 0 Å². The molecule has 1 aromatic rings. The fraction of sp³-hybridized carbons (Fsp3) is 0.652. The van der Waals surface area contributed by atoms with E-state index in [1.807, 2.05) is 51.1 Å². The van der Waals surface area contributed by atoms with Crippen molar-refractivity contribution in [2.45, 2.75) is 83.5 Å². The maximum Gasteiger partial charge on any atom is 0.410 e. The third-order valence-electron chi connectivity index (χ3n) is 5.88. The van der Waals surface area contributed by atoms with Crippen LogP contribution in [0, 0.1) is 0 Å². The summed E-state index contributed by atoms with van der Waals surface area (Å²) < 4.78 is 28.5. The van der Waals surface area contributed by atoms with Gasteiger partial charge < -0.3 is 13.7 Å². The minimum Gasteiger partial charge on any atom is -0.591 e. The highest BCUT2D eigenvalue weighted by atomic mass is 32.2. The number of rotatable bonds is 6. The van der Waals surface area contributed by atoms with Crippen LogP contribution in [-0.4, -0.2) is 53.5 Å². The third kappa shape index (κ3) is 7.34. The average Bonchev–Trinajstić information content (AvgIpc) is 3.06. The lowest BCUT2D eigenvalue weighted by atomic mass is 10.2. The number of hydrogen-bond donors (Lipinski definition) is 0. The molecule has 2 unspecified atom stereocenters. The minimum atomic E-state index is -1.97. The van der Waals surface area contributed by atoms with Crippen LogP contribution in [0.4, 0.5) is 4.79 Å². The van der Waals surface area contributed by atoms with Crippen molar-refractivity contribution in [1.82, 2.24) is 4.90 Å². The summed E-state index contributed by atoms with van der Waals surface area (Å²) in [4.78, 5) is 14.6. The molecule has 2 rings (SSSR count). The molecule has 0 N–H and O–H groups in total. The Morgan fingerprint density at radius 3 is 2.35 bits per heavy atom. The van der Waals surface area contributed by atoms with Gasteiger partial charge in [-0.05, 0) is 44.5 Å². The first kappa shape index (κ1) is 25.9. The van der Waals surface area contributed by atoms with Gasteiger partial charge in [0.15, 0.2) is 8.32 Å².